The topological polar surface area (TPSA) is 66.4 Å². The number of hydrogen-bond acceptors (Lipinski definition) is 4. The fourth-order valence-electron chi connectivity index (χ4n) is 2.28. The molecule has 0 atom stereocenters. The number of halogens is 1. The number of anilines is 1. The Kier molecular flexibility index (Phi) is 5.13. The van der Waals surface area contributed by atoms with Crippen LogP contribution in [0, 0.1) is 0 Å². The molecule has 1 amide bonds. The van der Waals surface area contributed by atoms with E-state index in [0.717, 1.165) is 14.9 Å². The van der Waals surface area contributed by atoms with E-state index in [4.69, 9.17) is 0 Å². The Morgan fingerprint density at radius 3 is 2.54 bits per heavy atom. The van der Waals surface area contributed by atoms with Crippen LogP contribution in [0.3, 0.4) is 0 Å². The standard InChI is InChI=1S/C17H12BrNO3S2/c18-13-6-2-1-5-11(13)12-9-24-16(15(12)17(21)22)19-14(20)8-10-4-3-7-23-10/h1-7,9H,8H2,(H,19,20)(H,21,22). The van der Waals surface area contributed by atoms with Gasteiger partial charge in [0.05, 0.1) is 6.42 Å². The fraction of sp³-hybridized carbons (Fsp3) is 0.0588. The monoisotopic (exact) mass is 421 g/mol. The van der Waals surface area contributed by atoms with Crippen molar-refractivity contribution in [1.29, 1.82) is 0 Å². The molecule has 0 unspecified atom stereocenters. The molecule has 3 aromatic rings. The molecule has 2 heterocycles. The Labute approximate surface area is 154 Å². The van der Waals surface area contributed by atoms with Crippen LogP contribution in [0.1, 0.15) is 15.2 Å². The molecule has 0 bridgehead atoms. The molecule has 0 saturated heterocycles. The molecule has 2 N–H and O–H groups in total. The molecule has 3 rings (SSSR count). The number of aromatic carboxylic acids is 1. The summed E-state index contributed by atoms with van der Waals surface area (Å²) in [5.41, 5.74) is 1.49. The van der Waals surface area contributed by atoms with Crippen molar-refractivity contribution in [2.24, 2.45) is 0 Å². The number of nitrogens with one attached hydrogen (secondary N) is 1. The Balaban J connectivity index is 1.91. The van der Waals surface area contributed by atoms with Gasteiger partial charge in [-0.1, -0.05) is 40.2 Å². The molecule has 0 spiro atoms. The maximum Gasteiger partial charge on any atom is 0.339 e. The molecule has 0 fully saturated rings. The zero-order chi connectivity index (χ0) is 17.1. The number of carbonyl (C=O) groups is 2. The summed E-state index contributed by atoms with van der Waals surface area (Å²) in [5, 5.41) is 16.3. The minimum atomic E-state index is -1.06. The molecule has 122 valence electrons. The van der Waals surface area contributed by atoms with Crippen LogP contribution < -0.4 is 5.32 Å². The number of hydrogen-bond donors (Lipinski definition) is 2. The molecule has 7 heteroatoms. The number of carboxylic acids is 1. The van der Waals surface area contributed by atoms with Crippen molar-refractivity contribution in [3.63, 3.8) is 0 Å². The summed E-state index contributed by atoms with van der Waals surface area (Å²) >= 11 is 6.16. The summed E-state index contributed by atoms with van der Waals surface area (Å²) in [6.45, 7) is 0. The summed E-state index contributed by atoms with van der Waals surface area (Å²) in [7, 11) is 0. The molecule has 4 nitrogen and oxygen atoms in total. The smallest absolute Gasteiger partial charge is 0.339 e. The van der Waals surface area contributed by atoms with Crippen molar-refractivity contribution < 1.29 is 14.7 Å². The predicted octanol–water partition coefficient (Wildman–Crippen LogP) is 5.12. The second kappa shape index (κ2) is 7.29. The van der Waals surface area contributed by atoms with Gasteiger partial charge in [0.2, 0.25) is 5.91 Å². The van der Waals surface area contributed by atoms with Crippen molar-refractivity contribution in [3.8, 4) is 11.1 Å². The third kappa shape index (κ3) is 3.58. The van der Waals surface area contributed by atoms with Gasteiger partial charge in [0.1, 0.15) is 10.6 Å². The zero-order valence-corrected chi connectivity index (χ0v) is 15.5. The summed E-state index contributed by atoms with van der Waals surface area (Å²) in [6, 6.07) is 11.2. The van der Waals surface area contributed by atoms with Gasteiger partial charge >= 0.3 is 5.97 Å². The van der Waals surface area contributed by atoms with Gasteiger partial charge in [-0.3, -0.25) is 4.79 Å². The first-order valence-electron chi connectivity index (χ1n) is 6.98. The maximum absolute atomic E-state index is 12.2. The molecule has 2 aromatic heterocycles. The van der Waals surface area contributed by atoms with Gasteiger partial charge in [-0.15, -0.1) is 22.7 Å². The lowest BCUT2D eigenvalue weighted by Gasteiger charge is -2.07. The van der Waals surface area contributed by atoms with E-state index in [2.05, 4.69) is 21.2 Å². The van der Waals surface area contributed by atoms with Gasteiger partial charge in [-0.25, -0.2) is 4.79 Å². The van der Waals surface area contributed by atoms with Crippen molar-refractivity contribution in [1.82, 2.24) is 0 Å². The highest BCUT2D eigenvalue weighted by molar-refractivity contribution is 9.10. The van der Waals surface area contributed by atoms with E-state index in [1.165, 1.54) is 22.7 Å². The van der Waals surface area contributed by atoms with E-state index >= 15 is 0 Å². The molecule has 0 radical (unpaired) electrons. The normalized spacial score (nSPS) is 10.5. The van der Waals surface area contributed by atoms with Gasteiger partial charge in [-0.05, 0) is 23.1 Å². The van der Waals surface area contributed by atoms with Gasteiger partial charge < -0.3 is 10.4 Å². The molecule has 0 saturated carbocycles. The van der Waals surface area contributed by atoms with Crippen LogP contribution in [0.4, 0.5) is 5.00 Å². The third-order valence-electron chi connectivity index (χ3n) is 3.34. The van der Waals surface area contributed by atoms with Crippen LogP contribution in [-0.2, 0) is 11.2 Å². The second-order valence-electron chi connectivity index (χ2n) is 4.94. The van der Waals surface area contributed by atoms with Crippen LogP contribution in [0.15, 0.2) is 51.6 Å². The van der Waals surface area contributed by atoms with Crippen molar-refractivity contribution in [2.75, 3.05) is 5.32 Å². The van der Waals surface area contributed by atoms with Crippen LogP contribution in [0.5, 0.6) is 0 Å². The highest BCUT2D eigenvalue weighted by Gasteiger charge is 2.22. The number of carboxylic acid groups (broad SMARTS) is 1. The SMILES string of the molecule is O=C(Cc1cccs1)Nc1scc(-c2ccccc2Br)c1C(=O)O. The number of benzene rings is 1. The van der Waals surface area contributed by atoms with E-state index in [-0.39, 0.29) is 17.9 Å². The average molecular weight is 422 g/mol. The number of thiophene rings is 2. The van der Waals surface area contributed by atoms with E-state index in [1.807, 2.05) is 41.8 Å². The second-order valence-corrected chi connectivity index (χ2v) is 7.71. The minimum Gasteiger partial charge on any atom is -0.478 e. The quantitative estimate of drug-likeness (QED) is 0.600. The Morgan fingerprint density at radius 2 is 1.88 bits per heavy atom. The van der Waals surface area contributed by atoms with Crippen LogP contribution in [0.25, 0.3) is 11.1 Å². The largest absolute Gasteiger partial charge is 0.478 e. The van der Waals surface area contributed by atoms with Gasteiger partial charge in [0.15, 0.2) is 0 Å². The number of rotatable bonds is 5. The highest BCUT2D eigenvalue weighted by atomic mass is 79.9. The minimum absolute atomic E-state index is 0.117. The first kappa shape index (κ1) is 16.9. The van der Waals surface area contributed by atoms with Crippen LogP contribution >= 0.6 is 38.6 Å². The lowest BCUT2D eigenvalue weighted by Crippen LogP contribution is -2.15. The number of amides is 1. The van der Waals surface area contributed by atoms with Crippen LogP contribution in [0.2, 0.25) is 0 Å². The van der Waals surface area contributed by atoms with Gasteiger partial charge in [0, 0.05) is 20.3 Å². The highest BCUT2D eigenvalue weighted by Crippen LogP contribution is 2.38. The zero-order valence-electron chi connectivity index (χ0n) is 12.3. The average Bonchev–Trinajstić information content (AvgIpc) is 3.17. The maximum atomic E-state index is 12.2. The Bertz CT molecular complexity index is 887. The molecule has 0 aliphatic carbocycles. The lowest BCUT2D eigenvalue weighted by atomic mass is 10.0. The van der Waals surface area contributed by atoms with Crippen molar-refractivity contribution in [3.05, 3.63) is 62.1 Å². The molecule has 24 heavy (non-hydrogen) atoms. The van der Waals surface area contributed by atoms with E-state index in [9.17, 15) is 14.7 Å². The van der Waals surface area contributed by atoms with E-state index < -0.39 is 5.97 Å². The van der Waals surface area contributed by atoms with Gasteiger partial charge in [0.25, 0.3) is 0 Å². The third-order valence-corrected chi connectivity index (χ3v) is 5.80. The first-order chi connectivity index (χ1) is 11.6. The summed E-state index contributed by atoms with van der Waals surface area (Å²) in [6.07, 6.45) is 0.235. The van der Waals surface area contributed by atoms with E-state index in [0.29, 0.717) is 10.6 Å². The molecular formula is C17H12BrNO3S2. The van der Waals surface area contributed by atoms with Crippen LogP contribution in [-0.4, -0.2) is 17.0 Å². The lowest BCUT2D eigenvalue weighted by molar-refractivity contribution is -0.115. The first-order valence-corrected chi connectivity index (χ1v) is 9.53. The van der Waals surface area contributed by atoms with Gasteiger partial charge in [-0.2, -0.15) is 0 Å². The molecule has 0 aliphatic heterocycles. The van der Waals surface area contributed by atoms with Crippen molar-refractivity contribution in [2.45, 2.75) is 6.42 Å². The van der Waals surface area contributed by atoms with E-state index in [1.54, 1.807) is 5.38 Å². The summed E-state index contributed by atoms with van der Waals surface area (Å²) in [5.74, 6) is -1.28. The Hall–Kier alpha value is -1.96. The molecule has 1 aromatic carbocycles. The molecular weight excluding hydrogens is 410 g/mol. The Morgan fingerprint density at radius 1 is 1.08 bits per heavy atom. The fourth-order valence-corrected chi connectivity index (χ4v) is 4.45. The predicted molar refractivity (Wildman–Crippen MR) is 101 cm³/mol. The molecule has 0 aliphatic rings. The number of carbonyl (C=O) groups excluding carboxylic acids is 1. The summed E-state index contributed by atoms with van der Waals surface area (Å²) in [4.78, 5) is 24.8. The summed E-state index contributed by atoms with van der Waals surface area (Å²) < 4.78 is 0.807. The van der Waals surface area contributed by atoms with Crippen molar-refractivity contribution >= 4 is 55.5 Å².